The molecule has 0 radical (unpaired) electrons. The quantitative estimate of drug-likeness (QED) is 0.428. The van der Waals surface area contributed by atoms with E-state index in [1.54, 1.807) is 0 Å². The van der Waals surface area contributed by atoms with Crippen molar-refractivity contribution in [2.75, 3.05) is 31.1 Å². The minimum atomic E-state index is -0.428. The molecule has 2 N–H and O–H groups in total. The predicted octanol–water partition coefficient (Wildman–Crippen LogP) is 4.38. The van der Waals surface area contributed by atoms with E-state index < -0.39 is 5.60 Å². The maximum Gasteiger partial charge on any atom is 0.410 e. The van der Waals surface area contributed by atoms with E-state index in [0.29, 0.717) is 5.92 Å². The molecule has 1 amide bonds. The highest BCUT2D eigenvalue weighted by molar-refractivity contribution is 7.94. The molecule has 0 bridgehead atoms. The van der Waals surface area contributed by atoms with Crippen LogP contribution in [0.25, 0.3) is 0 Å². The summed E-state index contributed by atoms with van der Waals surface area (Å²) < 4.78 is 10.2. The van der Waals surface area contributed by atoms with Gasteiger partial charge in [0.05, 0.1) is 12.0 Å². The number of carbonyl (C=O) groups is 1. The summed E-state index contributed by atoms with van der Waals surface area (Å²) in [7, 11) is 0. The smallest absolute Gasteiger partial charge is 0.410 e. The van der Waals surface area contributed by atoms with Gasteiger partial charge in [0.2, 0.25) is 0 Å². The van der Waals surface area contributed by atoms with Crippen LogP contribution in [-0.4, -0.2) is 42.8 Å². The van der Waals surface area contributed by atoms with Crippen LogP contribution < -0.4 is 10.8 Å². The Hall–Kier alpha value is -1.48. The number of hydrogen-bond acceptors (Lipinski definition) is 7. The minimum Gasteiger partial charge on any atom is -0.444 e. The van der Waals surface area contributed by atoms with Gasteiger partial charge in [-0.1, -0.05) is 0 Å². The standard InChI is InChI=1S/C21H33N3O4S/c1-21(2,3)26-20(25)24-14-10-17(11-15-24)16-8-12-23(13-9-16)18-4-6-19(7-5-18)29-28-27-22/h4-7,16-17H,8-15,22H2,1-3H3. The number of amides is 1. The molecule has 0 saturated carbocycles. The largest absolute Gasteiger partial charge is 0.444 e. The van der Waals surface area contributed by atoms with Crippen molar-refractivity contribution in [2.24, 2.45) is 17.7 Å². The summed E-state index contributed by atoms with van der Waals surface area (Å²) >= 11 is 1.10. The molecule has 2 aliphatic rings. The van der Waals surface area contributed by atoms with Crippen molar-refractivity contribution in [1.29, 1.82) is 0 Å². The molecule has 0 unspecified atom stereocenters. The average Bonchev–Trinajstić information content (AvgIpc) is 2.72. The maximum atomic E-state index is 12.3. The highest BCUT2D eigenvalue weighted by Gasteiger charge is 2.32. The highest BCUT2D eigenvalue weighted by atomic mass is 32.2. The molecule has 7 nitrogen and oxygen atoms in total. The average molecular weight is 424 g/mol. The summed E-state index contributed by atoms with van der Waals surface area (Å²) in [5.74, 6) is 6.33. The van der Waals surface area contributed by atoms with E-state index in [0.717, 1.165) is 61.9 Å². The third kappa shape index (κ3) is 6.50. The van der Waals surface area contributed by atoms with E-state index in [1.165, 1.54) is 18.5 Å². The molecule has 0 spiro atoms. The van der Waals surface area contributed by atoms with Gasteiger partial charge in [-0.15, -0.1) is 9.32 Å². The Morgan fingerprint density at radius 2 is 1.55 bits per heavy atom. The van der Waals surface area contributed by atoms with Crippen LogP contribution in [0.1, 0.15) is 46.5 Å². The second-order valence-corrected chi connectivity index (χ2v) is 9.64. The molecule has 2 heterocycles. The van der Waals surface area contributed by atoms with Gasteiger partial charge >= 0.3 is 6.09 Å². The van der Waals surface area contributed by atoms with E-state index in [9.17, 15) is 4.79 Å². The van der Waals surface area contributed by atoms with Crippen LogP contribution in [0.5, 0.6) is 0 Å². The Kier molecular flexibility index (Phi) is 7.67. The molecular formula is C21H33N3O4S. The molecule has 162 valence electrons. The van der Waals surface area contributed by atoms with Crippen molar-refractivity contribution in [3.63, 3.8) is 0 Å². The van der Waals surface area contributed by atoms with E-state index in [2.05, 4.69) is 26.4 Å². The van der Waals surface area contributed by atoms with Crippen LogP contribution in [0.2, 0.25) is 0 Å². The SMILES string of the molecule is CC(C)(C)OC(=O)N1CCC(C2CCN(c3ccc(SOON)cc3)CC2)CC1. The molecule has 2 saturated heterocycles. The molecule has 29 heavy (non-hydrogen) atoms. The normalized spacial score (nSPS) is 19.4. The Balaban J connectivity index is 1.43. The number of ether oxygens (including phenoxy) is 1. The van der Waals surface area contributed by atoms with E-state index >= 15 is 0 Å². The number of anilines is 1. The Labute approximate surface area is 177 Å². The first-order chi connectivity index (χ1) is 13.9. The van der Waals surface area contributed by atoms with Crippen molar-refractivity contribution < 1.29 is 18.9 Å². The molecule has 8 heteroatoms. The Morgan fingerprint density at radius 3 is 2.07 bits per heavy atom. The summed E-state index contributed by atoms with van der Waals surface area (Å²) in [6, 6.07) is 8.25. The van der Waals surface area contributed by atoms with Crippen molar-refractivity contribution in [3.05, 3.63) is 24.3 Å². The van der Waals surface area contributed by atoms with Crippen molar-refractivity contribution in [1.82, 2.24) is 4.90 Å². The Morgan fingerprint density at radius 1 is 1.00 bits per heavy atom. The lowest BCUT2D eigenvalue weighted by Gasteiger charge is -2.41. The van der Waals surface area contributed by atoms with Gasteiger partial charge in [-0.25, -0.2) is 4.79 Å². The lowest BCUT2D eigenvalue weighted by Crippen LogP contribution is -2.44. The monoisotopic (exact) mass is 423 g/mol. The summed E-state index contributed by atoms with van der Waals surface area (Å²) in [5, 5.41) is 0. The van der Waals surface area contributed by atoms with Gasteiger partial charge in [-0.2, -0.15) is 5.90 Å². The number of carbonyl (C=O) groups excluding carboxylic acids is 1. The number of nitrogens with two attached hydrogens (primary N) is 1. The fraction of sp³-hybridized carbons (Fsp3) is 0.667. The highest BCUT2D eigenvalue weighted by Crippen LogP contribution is 2.34. The topological polar surface area (TPSA) is 77.3 Å². The van der Waals surface area contributed by atoms with Gasteiger partial charge in [0.15, 0.2) is 0 Å². The van der Waals surface area contributed by atoms with Crippen molar-refractivity contribution in [3.8, 4) is 0 Å². The molecule has 1 aromatic carbocycles. The lowest BCUT2D eigenvalue weighted by molar-refractivity contribution is -0.195. The van der Waals surface area contributed by atoms with E-state index in [1.807, 2.05) is 37.8 Å². The Bertz CT molecular complexity index is 649. The van der Waals surface area contributed by atoms with Gasteiger partial charge in [0.25, 0.3) is 0 Å². The van der Waals surface area contributed by atoms with Gasteiger partial charge in [-0.3, -0.25) is 0 Å². The second kappa shape index (κ2) is 10.0. The fourth-order valence-electron chi connectivity index (χ4n) is 4.28. The summed E-state index contributed by atoms with van der Waals surface area (Å²) in [6.07, 6.45) is 4.41. The second-order valence-electron chi connectivity index (χ2n) is 8.87. The third-order valence-electron chi connectivity index (χ3n) is 5.77. The van der Waals surface area contributed by atoms with Gasteiger partial charge in [0.1, 0.15) is 5.60 Å². The van der Waals surface area contributed by atoms with E-state index in [-0.39, 0.29) is 6.09 Å². The molecule has 0 atom stereocenters. The molecule has 1 aromatic rings. The van der Waals surface area contributed by atoms with Gasteiger partial charge in [0, 0.05) is 36.8 Å². The summed E-state index contributed by atoms with van der Waals surface area (Å²) in [4.78, 5) is 21.6. The zero-order chi connectivity index (χ0) is 20.9. The van der Waals surface area contributed by atoms with Gasteiger partial charge in [-0.05, 0) is 82.6 Å². The first-order valence-electron chi connectivity index (χ1n) is 10.4. The first-order valence-corrected chi connectivity index (χ1v) is 11.1. The fourth-order valence-corrected chi connectivity index (χ4v) is 4.65. The number of nitrogens with zero attached hydrogens (tertiary/aromatic N) is 2. The minimum absolute atomic E-state index is 0.171. The number of likely N-dealkylation sites (tertiary alicyclic amines) is 1. The summed E-state index contributed by atoms with van der Waals surface area (Å²) in [5.41, 5.74) is 0.810. The van der Waals surface area contributed by atoms with Crippen LogP contribution in [0.4, 0.5) is 10.5 Å². The predicted molar refractivity (Wildman–Crippen MR) is 114 cm³/mol. The number of hydrogen-bond donors (Lipinski definition) is 1. The molecule has 3 rings (SSSR count). The molecule has 2 aliphatic heterocycles. The molecular weight excluding hydrogens is 390 g/mol. The van der Waals surface area contributed by atoms with Crippen LogP contribution in [-0.2, 0) is 14.1 Å². The third-order valence-corrected chi connectivity index (χ3v) is 6.38. The lowest BCUT2D eigenvalue weighted by atomic mass is 9.79. The molecule has 0 aromatic heterocycles. The van der Waals surface area contributed by atoms with Crippen LogP contribution >= 0.6 is 12.0 Å². The van der Waals surface area contributed by atoms with Crippen LogP contribution in [0.3, 0.4) is 0 Å². The molecule has 0 aliphatic carbocycles. The van der Waals surface area contributed by atoms with Crippen molar-refractivity contribution >= 4 is 23.8 Å². The van der Waals surface area contributed by atoms with Gasteiger partial charge < -0.3 is 14.5 Å². The first kappa shape index (κ1) is 22.2. The number of benzene rings is 1. The molecule has 2 fully saturated rings. The maximum absolute atomic E-state index is 12.3. The zero-order valence-corrected chi connectivity index (χ0v) is 18.5. The number of rotatable bonds is 5. The van der Waals surface area contributed by atoms with Crippen LogP contribution in [0.15, 0.2) is 29.2 Å². The zero-order valence-electron chi connectivity index (χ0n) is 17.6. The van der Waals surface area contributed by atoms with Crippen LogP contribution in [0, 0.1) is 11.8 Å². The van der Waals surface area contributed by atoms with E-state index in [4.69, 9.17) is 10.6 Å². The van der Waals surface area contributed by atoms with Crippen molar-refractivity contribution in [2.45, 2.75) is 57.0 Å². The summed E-state index contributed by atoms with van der Waals surface area (Å²) in [6.45, 7) is 9.53. The number of piperidine rings is 2.